The van der Waals surface area contributed by atoms with Crippen LogP contribution in [0, 0.1) is 16.0 Å². The van der Waals surface area contributed by atoms with Gasteiger partial charge in [-0.05, 0) is 18.8 Å². The Morgan fingerprint density at radius 1 is 1.63 bits per heavy atom. The standard InChI is InChI=1S/C12H16N4O3/c1-8-3-2-4-15(7-8)12(17)10-5-9(16(18)19)6-14-11(10)13/h5-6,8H,2-4,7H2,1H3,(H2,13,14). The first kappa shape index (κ1) is 13.3. The predicted octanol–water partition coefficient (Wildman–Crippen LogP) is 1.44. The number of amides is 1. The third-order valence-corrected chi connectivity index (χ3v) is 3.29. The zero-order valence-corrected chi connectivity index (χ0v) is 10.7. The summed E-state index contributed by atoms with van der Waals surface area (Å²) in [6.45, 7) is 3.39. The number of rotatable bonds is 2. The minimum atomic E-state index is -0.581. The van der Waals surface area contributed by atoms with Crippen LogP contribution in [-0.2, 0) is 0 Å². The number of carbonyl (C=O) groups excluding carboxylic acids is 1. The number of piperidine rings is 1. The molecule has 2 rings (SSSR count). The molecule has 7 heteroatoms. The van der Waals surface area contributed by atoms with E-state index in [1.165, 1.54) is 6.07 Å². The molecular formula is C12H16N4O3. The van der Waals surface area contributed by atoms with Crippen LogP contribution in [0.4, 0.5) is 11.5 Å². The number of nitro groups is 1. The number of nitrogens with zero attached hydrogens (tertiary/aromatic N) is 3. The summed E-state index contributed by atoms with van der Waals surface area (Å²) in [7, 11) is 0. The molecule has 1 aromatic heterocycles. The first-order valence-corrected chi connectivity index (χ1v) is 6.18. The lowest BCUT2D eigenvalue weighted by molar-refractivity contribution is -0.385. The van der Waals surface area contributed by atoms with Gasteiger partial charge in [0, 0.05) is 19.2 Å². The van der Waals surface area contributed by atoms with Crippen LogP contribution in [0.3, 0.4) is 0 Å². The average molecular weight is 264 g/mol. The molecule has 1 aromatic rings. The van der Waals surface area contributed by atoms with Crippen LogP contribution in [0.1, 0.15) is 30.1 Å². The van der Waals surface area contributed by atoms with Crippen molar-refractivity contribution in [2.45, 2.75) is 19.8 Å². The number of pyridine rings is 1. The van der Waals surface area contributed by atoms with E-state index in [2.05, 4.69) is 11.9 Å². The van der Waals surface area contributed by atoms with Gasteiger partial charge in [-0.1, -0.05) is 6.92 Å². The van der Waals surface area contributed by atoms with E-state index in [1.807, 2.05) is 0 Å². The van der Waals surface area contributed by atoms with Gasteiger partial charge in [-0.3, -0.25) is 14.9 Å². The second kappa shape index (κ2) is 5.21. The summed E-state index contributed by atoms with van der Waals surface area (Å²) in [4.78, 5) is 27.9. The van der Waals surface area contributed by atoms with Gasteiger partial charge in [0.25, 0.3) is 11.6 Å². The fourth-order valence-electron chi connectivity index (χ4n) is 2.28. The zero-order chi connectivity index (χ0) is 14.0. The molecule has 1 unspecified atom stereocenters. The predicted molar refractivity (Wildman–Crippen MR) is 69.6 cm³/mol. The molecule has 1 aliphatic rings. The second-order valence-corrected chi connectivity index (χ2v) is 4.88. The average Bonchev–Trinajstić information content (AvgIpc) is 2.38. The fraction of sp³-hybridized carbons (Fsp3) is 0.500. The van der Waals surface area contributed by atoms with Crippen molar-refractivity contribution in [3.05, 3.63) is 27.9 Å². The minimum absolute atomic E-state index is 0.0360. The Balaban J connectivity index is 2.27. The summed E-state index contributed by atoms with van der Waals surface area (Å²) >= 11 is 0. The maximum absolute atomic E-state index is 12.3. The molecule has 19 heavy (non-hydrogen) atoms. The van der Waals surface area contributed by atoms with Crippen LogP contribution in [0.5, 0.6) is 0 Å². The van der Waals surface area contributed by atoms with Gasteiger partial charge in [0.1, 0.15) is 12.0 Å². The molecule has 102 valence electrons. The summed E-state index contributed by atoms with van der Waals surface area (Å²) in [5.74, 6) is 0.194. The van der Waals surface area contributed by atoms with E-state index < -0.39 is 4.92 Å². The minimum Gasteiger partial charge on any atom is -0.383 e. The highest BCUT2D eigenvalue weighted by molar-refractivity contribution is 5.98. The van der Waals surface area contributed by atoms with E-state index in [0.29, 0.717) is 19.0 Å². The first-order chi connectivity index (χ1) is 8.99. The molecule has 0 bridgehead atoms. The highest BCUT2D eigenvalue weighted by atomic mass is 16.6. The molecule has 7 nitrogen and oxygen atoms in total. The molecule has 0 saturated carbocycles. The first-order valence-electron chi connectivity index (χ1n) is 6.18. The van der Waals surface area contributed by atoms with Crippen LogP contribution in [0.25, 0.3) is 0 Å². The number of nitrogens with two attached hydrogens (primary N) is 1. The van der Waals surface area contributed by atoms with Crippen LogP contribution >= 0.6 is 0 Å². The lowest BCUT2D eigenvalue weighted by Gasteiger charge is -2.31. The molecule has 1 saturated heterocycles. The maximum Gasteiger partial charge on any atom is 0.288 e. The van der Waals surface area contributed by atoms with Crippen molar-refractivity contribution in [2.24, 2.45) is 5.92 Å². The molecule has 0 spiro atoms. The summed E-state index contributed by atoms with van der Waals surface area (Å²) in [5, 5.41) is 10.7. The number of hydrogen-bond donors (Lipinski definition) is 1. The Hall–Kier alpha value is -2.18. The van der Waals surface area contributed by atoms with Gasteiger partial charge in [-0.2, -0.15) is 0 Å². The van der Waals surface area contributed by atoms with Gasteiger partial charge in [0.15, 0.2) is 0 Å². The van der Waals surface area contributed by atoms with Crippen molar-refractivity contribution in [2.75, 3.05) is 18.8 Å². The fourth-order valence-corrected chi connectivity index (χ4v) is 2.28. The van der Waals surface area contributed by atoms with Gasteiger partial charge < -0.3 is 10.6 Å². The smallest absolute Gasteiger partial charge is 0.288 e. The molecule has 1 atom stereocenters. The van der Waals surface area contributed by atoms with E-state index in [1.54, 1.807) is 4.90 Å². The third-order valence-electron chi connectivity index (χ3n) is 3.29. The molecule has 0 radical (unpaired) electrons. The van der Waals surface area contributed by atoms with Crippen LogP contribution in [0.2, 0.25) is 0 Å². The molecular weight excluding hydrogens is 248 g/mol. The Labute approximate surface area is 110 Å². The molecule has 1 aliphatic heterocycles. The topological polar surface area (TPSA) is 102 Å². The van der Waals surface area contributed by atoms with Gasteiger partial charge in [0.2, 0.25) is 0 Å². The van der Waals surface area contributed by atoms with E-state index >= 15 is 0 Å². The number of hydrogen-bond acceptors (Lipinski definition) is 5. The highest BCUT2D eigenvalue weighted by Crippen LogP contribution is 2.22. The Morgan fingerprint density at radius 3 is 3.00 bits per heavy atom. The molecule has 1 fully saturated rings. The lowest BCUT2D eigenvalue weighted by atomic mass is 9.99. The van der Waals surface area contributed by atoms with Gasteiger partial charge in [-0.15, -0.1) is 0 Å². The SMILES string of the molecule is CC1CCCN(C(=O)c2cc([N+](=O)[O-])cnc2N)C1. The van der Waals surface area contributed by atoms with Crippen LogP contribution in [0.15, 0.2) is 12.3 Å². The summed E-state index contributed by atoms with van der Waals surface area (Å²) in [5.41, 5.74) is 5.54. The van der Waals surface area contributed by atoms with E-state index in [-0.39, 0.29) is 23.0 Å². The van der Waals surface area contributed by atoms with E-state index in [9.17, 15) is 14.9 Å². The monoisotopic (exact) mass is 264 g/mol. The zero-order valence-electron chi connectivity index (χ0n) is 10.7. The van der Waals surface area contributed by atoms with Crippen molar-refractivity contribution < 1.29 is 9.72 Å². The molecule has 0 aliphatic carbocycles. The van der Waals surface area contributed by atoms with Crippen molar-refractivity contribution in [1.82, 2.24) is 9.88 Å². The van der Waals surface area contributed by atoms with Crippen LogP contribution < -0.4 is 5.73 Å². The van der Waals surface area contributed by atoms with Gasteiger partial charge in [-0.25, -0.2) is 4.98 Å². The molecule has 0 aromatic carbocycles. The van der Waals surface area contributed by atoms with Crippen molar-refractivity contribution >= 4 is 17.4 Å². The van der Waals surface area contributed by atoms with Crippen molar-refractivity contribution in [3.8, 4) is 0 Å². The van der Waals surface area contributed by atoms with Gasteiger partial charge >= 0.3 is 0 Å². The Kier molecular flexibility index (Phi) is 3.64. The van der Waals surface area contributed by atoms with E-state index in [4.69, 9.17) is 5.73 Å². The summed E-state index contributed by atoms with van der Waals surface area (Å²) in [6, 6.07) is 1.20. The number of carbonyl (C=O) groups is 1. The lowest BCUT2D eigenvalue weighted by Crippen LogP contribution is -2.39. The summed E-state index contributed by atoms with van der Waals surface area (Å²) in [6.07, 6.45) is 3.09. The Bertz CT molecular complexity index is 518. The second-order valence-electron chi connectivity index (χ2n) is 4.88. The largest absolute Gasteiger partial charge is 0.383 e. The maximum atomic E-state index is 12.3. The van der Waals surface area contributed by atoms with Gasteiger partial charge in [0.05, 0.1) is 10.5 Å². The van der Waals surface area contributed by atoms with Crippen molar-refractivity contribution in [1.29, 1.82) is 0 Å². The van der Waals surface area contributed by atoms with Crippen molar-refractivity contribution in [3.63, 3.8) is 0 Å². The molecule has 2 heterocycles. The summed E-state index contributed by atoms with van der Waals surface area (Å²) < 4.78 is 0. The number of likely N-dealkylation sites (tertiary alicyclic amines) is 1. The van der Waals surface area contributed by atoms with E-state index in [0.717, 1.165) is 19.0 Å². The third kappa shape index (κ3) is 2.81. The Morgan fingerprint density at radius 2 is 2.37 bits per heavy atom. The quantitative estimate of drug-likeness (QED) is 0.643. The molecule has 1 amide bonds. The number of nitrogen functional groups attached to an aromatic ring is 1. The van der Waals surface area contributed by atoms with Crippen LogP contribution in [-0.4, -0.2) is 33.8 Å². The number of aromatic nitrogens is 1. The number of anilines is 1. The normalized spacial score (nSPS) is 19.2. The highest BCUT2D eigenvalue weighted by Gasteiger charge is 2.25. The molecule has 2 N–H and O–H groups in total.